The van der Waals surface area contributed by atoms with E-state index in [-0.39, 0.29) is 0 Å². The summed E-state index contributed by atoms with van der Waals surface area (Å²) >= 11 is 0. The van der Waals surface area contributed by atoms with Crippen molar-refractivity contribution in [1.82, 2.24) is 0 Å². The van der Waals surface area contributed by atoms with Crippen LogP contribution in [0.25, 0.3) is 0 Å². The molecule has 3 N–H and O–H groups in total. The van der Waals surface area contributed by atoms with E-state index in [9.17, 15) is 30.4 Å². The van der Waals surface area contributed by atoms with Gasteiger partial charge in [-0.1, -0.05) is 0 Å². The van der Waals surface area contributed by atoms with E-state index >= 15 is 0 Å². The standard InChI is InChI=1S/C8H7F5N2O2S/c9-7(10)18(16,17)15-6-2-1-4(3-5(6)14)8(11,12)13/h1-3,7,15H,14H2. The molecule has 0 bridgehead atoms. The van der Waals surface area contributed by atoms with E-state index < -0.39 is 38.9 Å². The van der Waals surface area contributed by atoms with Crippen LogP contribution < -0.4 is 10.5 Å². The van der Waals surface area contributed by atoms with Crippen molar-refractivity contribution in [3.05, 3.63) is 23.8 Å². The summed E-state index contributed by atoms with van der Waals surface area (Å²) in [6.45, 7) is 0. The second kappa shape index (κ2) is 4.59. The van der Waals surface area contributed by atoms with Gasteiger partial charge in [0.1, 0.15) is 0 Å². The Labute approximate surface area is 98.6 Å². The molecule has 18 heavy (non-hydrogen) atoms. The SMILES string of the molecule is Nc1cc(C(F)(F)F)ccc1NS(=O)(=O)C(F)F. The zero-order chi connectivity index (χ0) is 14.1. The van der Waals surface area contributed by atoms with E-state index in [2.05, 4.69) is 0 Å². The minimum atomic E-state index is -4.97. The molecule has 1 rings (SSSR count). The minimum Gasteiger partial charge on any atom is -0.397 e. The number of sulfonamides is 1. The molecule has 4 nitrogen and oxygen atoms in total. The zero-order valence-electron chi connectivity index (χ0n) is 8.50. The molecule has 1 aromatic carbocycles. The van der Waals surface area contributed by atoms with Gasteiger partial charge in [0, 0.05) is 0 Å². The maximum atomic E-state index is 12.3. The van der Waals surface area contributed by atoms with Crippen molar-refractivity contribution in [1.29, 1.82) is 0 Å². The number of benzene rings is 1. The first kappa shape index (κ1) is 14.5. The fourth-order valence-corrected chi connectivity index (χ4v) is 1.61. The maximum Gasteiger partial charge on any atom is 0.416 e. The van der Waals surface area contributed by atoms with Crippen molar-refractivity contribution in [2.75, 3.05) is 10.5 Å². The van der Waals surface area contributed by atoms with Gasteiger partial charge in [0.15, 0.2) is 0 Å². The fourth-order valence-electron chi connectivity index (χ4n) is 1.03. The van der Waals surface area contributed by atoms with E-state index in [1.54, 1.807) is 0 Å². The first-order valence-electron chi connectivity index (χ1n) is 4.30. The monoisotopic (exact) mass is 290 g/mol. The van der Waals surface area contributed by atoms with Gasteiger partial charge in [0.2, 0.25) is 0 Å². The number of nitrogens with one attached hydrogen (secondary N) is 1. The third-order valence-corrected chi connectivity index (χ3v) is 2.84. The Morgan fingerprint density at radius 1 is 1.22 bits per heavy atom. The van der Waals surface area contributed by atoms with Crippen LogP contribution in [0.3, 0.4) is 0 Å². The minimum absolute atomic E-state index is 0.448. The Hall–Kier alpha value is -1.58. The number of hydrogen-bond donors (Lipinski definition) is 2. The molecule has 0 spiro atoms. The number of nitrogens with two attached hydrogens (primary N) is 1. The van der Waals surface area contributed by atoms with E-state index in [0.717, 1.165) is 0 Å². The van der Waals surface area contributed by atoms with Gasteiger partial charge in [-0.15, -0.1) is 0 Å². The lowest BCUT2D eigenvalue weighted by atomic mass is 10.2. The number of rotatable bonds is 3. The van der Waals surface area contributed by atoms with Crippen LogP contribution in [-0.2, 0) is 16.2 Å². The molecule has 0 heterocycles. The van der Waals surface area contributed by atoms with Crippen molar-refractivity contribution >= 4 is 21.4 Å². The molecule has 0 atom stereocenters. The van der Waals surface area contributed by atoms with Crippen LogP contribution in [0.4, 0.5) is 33.3 Å². The Kier molecular flexibility index (Phi) is 3.70. The van der Waals surface area contributed by atoms with E-state index in [4.69, 9.17) is 5.73 Å². The Bertz CT molecular complexity index is 541. The number of hydrogen-bond acceptors (Lipinski definition) is 3. The molecule has 0 saturated carbocycles. The van der Waals surface area contributed by atoms with E-state index in [1.807, 2.05) is 0 Å². The van der Waals surface area contributed by atoms with Crippen LogP contribution in [0.2, 0.25) is 0 Å². The number of alkyl halides is 5. The summed E-state index contributed by atoms with van der Waals surface area (Å²) < 4.78 is 83.8. The lowest BCUT2D eigenvalue weighted by Crippen LogP contribution is -2.21. The van der Waals surface area contributed by atoms with Crippen molar-refractivity contribution in [2.45, 2.75) is 11.9 Å². The molecule has 10 heteroatoms. The van der Waals surface area contributed by atoms with Gasteiger partial charge in [-0.2, -0.15) is 22.0 Å². The molecule has 0 amide bonds. The third-order valence-electron chi connectivity index (χ3n) is 1.87. The molecule has 0 aliphatic heterocycles. The van der Waals surface area contributed by atoms with Crippen LogP contribution in [0.5, 0.6) is 0 Å². The molecule has 0 saturated heterocycles. The quantitative estimate of drug-likeness (QED) is 0.662. The molecular formula is C8H7F5N2O2S. The summed E-state index contributed by atoms with van der Waals surface area (Å²) in [7, 11) is -4.97. The zero-order valence-corrected chi connectivity index (χ0v) is 9.32. The lowest BCUT2D eigenvalue weighted by molar-refractivity contribution is -0.137. The molecule has 0 aliphatic rings. The van der Waals surface area contributed by atoms with Gasteiger partial charge in [-0.25, -0.2) is 8.42 Å². The topological polar surface area (TPSA) is 72.2 Å². The van der Waals surface area contributed by atoms with Crippen molar-refractivity contribution in [3.63, 3.8) is 0 Å². The van der Waals surface area contributed by atoms with Gasteiger partial charge >= 0.3 is 11.9 Å². The van der Waals surface area contributed by atoms with Gasteiger partial charge in [-0.05, 0) is 18.2 Å². The Balaban J connectivity index is 3.09. The maximum absolute atomic E-state index is 12.3. The van der Waals surface area contributed by atoms with Crippen molar-refractivity contribution < 1.29 is 30.4 Å². The highest BCUT2D eigenvalue weighted by Crippen LogP contribution is 2.33. The first-order valence-corrected chi connectivity index (χ1v) is 5.85. The highest BCUT2D eigenvalue weighted by Gasteiger charge is 2.31. The number of halogens is 5. The summed E-state index contributed by atoms with van der Waals surface area (Å²) in [5.74, 6) is -3.71. The lowest BCUT2D eigenvalue weighted by Gasteiger charge is -2.12. The van der Waals surface area contributed by atoms with Crippen molar-refractivity contribution in [2.24, 2.45) is 0 Å². The molecular weight excluding hydrogens is 283 g/mol. The van der Waals surface area contributed by atoms with Crippen LogP contribution in [0.1, 0.15) is 5.56 Å². The van der Waals surface area contributed by atoms with Crippen molar-refractivity contribution in [3.8, 4) is 0 Å². The number of anilines is 2. The molecule has 0 fully saturated rings. The van der Waals surface area contributed by atoms with E-state index in [0.29, 0.717) is 18.2 Å². The second-order valence-electron chi connectivity index (χ2n) is 3.21. The fraction of sp³-hybridized carbons (Fsp3) is 0.250. The third kappa shape index (κ3) is 3.22. The smallest absolute Gasteiger partial charge is 0.397 e. The van der Waals surface area contributed by atoms with Crippen LogP contribution in [0.15, 0.2) is 18.2 Å². The summed E-state index contributed by atoms with van der Waals surface area (Å²) in [4.78, 5) is 0. The average Bonchev–Trinajstić information content (AvgIpc) is 2.19. The number of nitrogen functional groups attached to an aromatic ring is 1. The highest BCUT2D eigenvalue weighted by molar-refractivity contribution is 7.93. The Morgan fingerprint density at radius 2 is 1.78 bits per heavy atom. The molecule has 0 unspecified atom stereocenters. The van der Waals surface area contributed by atoms with Crippen LogP contribution in [0, 0.1) is 0 Å². The largest absolute Gasteiger partial charge is 0.416 e. The highest BCUT2D eigenvalue weighted by atomic mass is 32.2. The van der Waals surface area contributed by atoms with Crippen LogP contribution >= 0.6 is 0 Å². The molecule has 102 valence electrons. The summed E-state index contributed by atoms with van der Waals surface area (Å²) in [5, 5.41) is 0. The predicted molar refractivity (Wildman–Crippen MR) is 54.4 cm³/mol. The molecule has 0 aliphatic carbocycles. The van der Waals surface area contributed by atoms with Gasteiger partial charge in [0.25, 0.3) is 10.0 Å². The average molecular weight is 290 g/mol. The Morgan fingerprint density at radius 3 is 2.17 bits per heavy atom. The summed E-state index contributed by atoms with van der Waals surface area (Å²) in [5.41, 5.74) is 2.90. The van der Waals surface area contributed by atoms with Gasteiger partial charge in [-0.3, -0.25) is 4.72 Å². The normalized spacial score (nSPS) is 12.8. The van der Waals surface area contributed by atoms with Gasteiger partial charge in [0.05, 0.1) is 16.9 Å². The predicted octanol–water partition coefficient (Wildman–Crippen LogP) is 2.25. The first-order chi connectivity index (χ1) is 8.04. The van der Waals surface area contributed by atoms with Gasteiger partial charge < -0.3 is 5.73 Å². The second-order valence-corrected chi connectivity index (χ2v) is 4.86. The summed E-state index contributed by atoms with van der Waals surface area (Å²) in [6, 6.07) is 1.64. The molecule has 0 aromatic heterocycles. The van der Waals surface area contributed by atoms with E-state index in [1.165, 1.54) is 4.72 Å². The molecule has 1 aromatic rings. The molecule has 0 radical (unpaired) electrons. The van der Waals surface area contributed by atoms with Crippen LogP contribution in [-0.4, -0.2) is 14.2 Å². The summed E-state index contributed by atoms with van der Waals surface area (Å²) in [6.07, 6.45) is -4.66.